The second-order valence-corrected chi connectivity index (χ2v) is 9.39. The number of halogens is 1. The summed E-state index contributed by atoms with van der Waals surface area (Å²) in [6.45, 7) is 3.89. The van der Waals surface area contributed by atoms with Gasteiger partial charge in [0.15, 0.2) is 0 Å². The zero-order valence-electron chi connectivity index (χ0n) is 12.8. The lowest BCUT2D eigenvalue weighted by atomic mass is 9.70. The van der Waals surface area contributed by atoms with Crippen LogP contribution in [0.1, 0.15) is 33.1 Å². The monoisotopic (exact) mass is 436 g/mol. The van der Waals surface area contributed by atoms with Crippen LogP contribution >= 0.6 is 22.6 Å². The third-order valence-electron chi connectivity index (χ3n) is 5.30. The molecule has 2 bridgehead atoms. The summed E-state index contributed by atoms with van der Waals surface area (Å²) < 4.78 is 32.3. The number of fused-ring (bicyclic) bond motifs is 2. The average Bonchev–Trinajstić information content (AvgIpc) is 2.72. The van der Waals surface area contributed by atoms with E-state index >= 15 is 0 Å². The van der Waals surface area contributed by atoms with Crippen LogP contribution in [0.4, 0.5) is 0 Å². The molecule has 1 aromatic rings. The number of Topliss-reactive ketones (excluding diaryl/α,β-unsaturated/α-hetero) is 1. The van der Waals surface area contributed by atoms with Crippen molar-refractivity contribution in [3.05, 3.63) is 33.9 Å². The predicted octanol–water partition coefficient (Wildman–Crippen LogP) is 3.56. The molecule has 0 saturated heterocycles. The van der Waals surface area contributed by atoms with E-state index in [9.17, 15) is 13.2 Å². The molecule has 22 heavy (non-hydrogen) atoms. The summed E-state index contributed by atoms with van der Waals surface area (Å²) in [6, 6.07) is 10.2. The van der Waals surface area contributed by atoms with Gasteiger partial charge in [-0.1, -0.05) is 32.0 Å². The van der Waals surface area contributed by atoms with E-state index in [0.717, 1.165) is 6.42 Å². The molecule has 0 aromatic heterocycles. The molecule has 0 amide bonds. The van der Waals surface area contributed by atoms with Crippen molar-refractivity contribution in [3.63, 3.8) is 0 Å². The molecule has 0 heterocycles. The second-order valence-electron chi connectivity index (χ2n) is 6.69. The van der Waals surface area contributed by atoms with Crippen LogP contribution in [0.3, 0.4) is 0 Å². The van der Waals surface area contributed by atoms with Gasteiger partial charge in [-0.25, -0.2) is 0 Å². The van der Waals surface area contributed by atoms with E-state index in [1.807, 2.05) is 32.0 Å². The van der Waals surface area contributed by atoms with Gasteiger partial charge in [0.05, 0.1) is 11.2 Å². The molecule has 2 saturated carbocycles. The quantitative estimate of drug-likeness (QED) is 0.569. The van der Waals surface area contributed by atoms with Crippen molar-refractivity contribution in [3.8, 4) is 0 Å². The van der Waals surface area contributed by atoms with Crippen molar-refractivity contribution >= 4 is 38.5 Å². The van der Waals surface area contributed by atoms with E-state index in [4.69, 9.17) is 4.55 Å². The van der Waals surface area contributed by atoms with Crippen LogP contribution in [-0.2, 0) is 14.9 Å². The van der Waals surface area contributed by atoms with Crippen molar-refractivity contribution in [2.75, 3.05) is 5.75 Å². The van der Waals surface area contributed by atoms with Gasteiger partial charge in [0, 0.05) is 9.99 Å². The molecule has 2 fully saturated rings. The maximum atomic E-state index is 11.9. The molecule has 2 aliphatic carbocycles. The van der Waals surface area contributed by atoms with Crippen LogP contribution in [0.5, 0.6) is 0 Å². The third-order valence-corrected chi connectivity index (χ3v) is 6.88. The van der Waals surface area contributed by atoms with Gasteiger partial charge in [-0.3, -0.25) is 9.35 Å². The van der Waals surface area contributed by atoms with Gasteiger partial charge in [-0.2, -0.15) is 8.42 Å². The number of rotatable bonds is 2. The first kappa shape index (κ1) is 17.9. The number of benzene rings is 1. The predicted molar refractivity (Wildman–Crippen MR) is 94.1 cm³/mol. The highest BCUT2D eigenvalue weighted by atomic mass is 127. The summed E-state index contributed by atoms with van der Waals surface area (Å²) in [6.07, 6.45) is 1.97. The lowest BCUT2D eigenvalue weighted by Crippen LogP contribution is -2.42. The molecular formula is C16H21IO4S. The van der Waals surface area contributed by atoms with Crippen molar-refractivity contribution in [2.45, 2.75) is 33.1 Å². The molecule has 2 aliphatic rings. The minimum atomic E-state index is -4.08. The molecule has 0 aliphatic heterocycles. The fraction of sp³-hybridized carbons (Fsp3) is 0.562. The summed E-state index contributed by atoms with van der Waals surface area (Å²) in [5.41, 5.74) is -1.12. The molecule has 6 heteroatoms. The summed E-state index contributed by atoms with van der Waals surface area (Å²) in [4.78, 5) is 11.9. The Labute approximate surface area is 145 Å². The first-order valence-electron chi connectivity index (χ1n) is 7.27. The normalized spacial score (nSPS) is 29.1. The van der Waals surface area contributed by atoms with E-state index in [0.29, 0.717) is 12.8 Å². The molecule has 2 unspecified atom stereocenters. The summed E-state index contributed by atoms with van der Waals surface area (Å²) in [7, 11) is -4.08. The Kier molecular flexibility index (Phi) is 5.04. The molecule has 4 nitrogen and oxygen atoms in total. The van der Waals surface area contributed by atoms with E-state index in [1.54, 1.807) is 0 Å². The molecule has 0 spiro atoms. The van der Waals surface area contributed by atoms with Gasteiger partial charge >= 0.3 is 0 Å². The van der Waals surface area contributed by atoms with Gasteiger partial charge in [-0.05, 0) is 58.9 Å². The minimum Gasteiger partial charge on any atom is -0.299 e. The minimum absolute atomic E-state index is 0.0152. The SMILES string of the molecule is CC1(C)C2CCC1(CS(=O)(=O)O)C(=O)C2.Ic1ccccc1. The molecule has 122 valence electrons. The summed E-state index contributed by atoms with van der Waals surface area (Å²) >= 11 is 2.28. The lowest BCUT2D eigenvalue weighted by molar-refractivity contribution is -0.128. The van der Waals surface area contributed by atoms with E-state index in [1.165, 1.54) is 3.57 Å². The Hall–Kier alpha value is -0.470. The fourth-order valence-electron chi connectivity index (χ4n) is 3.83. The zero-order chi connectivity index (χ0) is 16.6. The van der Waals surface area contributed by atoms with Crippen LogP contribution < -0.4 is 0 Å². The smallest absolute Gasteiger partial charge is 0.265 e. The Bertz CT molecular complexity index is 654. The van der Waals surface area contributed by atoms with Gasteiger partial charge in [0.1, 0.15) is 5.78 Å². The standard InChI is InChI=1S/C10H16O4S.C6H5I/c1-9(2)7-3-4-10(9,8(11)5-7)6-15(12,13)14;7-6-4-2-1-3-5-6/h7H,3-6H2,1-2H3,(H,12,13,14);1-5H. The van der Waals surface area contributed by atoms with E-state index < -0.39 is 21.3 Å². The van der Waals surface area contributed by atoms with E-state index in [2.05, 4.69) is 34.7 Å². The van der Waals surface area contributed by atoms with Gasteiger partial charge < -0.3 is 0 Å². The van der Waals surface area contributed by atoms with Crippen LogP contribution in [0.15, 0.2) is 30.3 Å². The topological polar surface area (TPSA) is 71.4 Å². The highest BCUT2D eigenvalue weighted by Crippen LogP contribution is 2.64. The largest absolute Gasteiger partial charge is 0.299 e. The Morgan fingerprint density at radius 1 is 1.27 bits per heavy atom. The molecule has 2 atom stereocenters. The van der Waals surface area contributed by atoms with Crippen molar-refractivity contribution in [1.82, 2.24) is 0 Å². The number of carbonyl (C=O) groups excluding carboxylic acids is 1. The Morgan fingerprint density at radius 3 is 2.18 bits per heavy atom. The summed E-state index contributed by atoms with van der Waals surface area (Å²) in [5, 5.41) is 0. The maximum absolute atomic E-state index is 11.9. The third kappa shape index (κ3) is 3.38. The van der Waals surface area contributed by atoms with Gasteiger partial charge in [0.25, 0.3) is 10.1 Å². The second kappa shape index (κ2) is 6.20. The van der Waals surface area contributed by atoms with Crippen molar-refractivity contribution in [2.24, 2.45) is 16.7 Å². The van der Waals surface area contributed by atoms with Crippen LogP contribution in [0.25, 0.3) is 0 Å². The maximum Gasteiger partial charge on any atom is 0.265 e. The van der Waals surface area contributed by atoms with Gasteiger partial charge in [0.2, 0.25) is 0 Å². The fourth-order valence-corrected chi connectivity index (χ4v) is 5.55. The molecule has 0 radical (unpaired) electrons. The molecule has 1 N–H and O–H groups in total. The number of hydrogen-bond acceptors (Lipinski definition) is 3. The van der Waals surface area contributed by atoms with Crippen molar-refractivity contribution < 1.29 is 17.8 Å². The number of hydrogen-bond donors (Lipinski definition) is 1. The molecule has 3 rings (SSSR count). The zero-order valence-corrected chi connectivity index (χ0v) is 15.7. The Morgan fingerprint density at radius 2 is 1.86 bits per heavy atom. The van der Waals surface area contributed by atoms with E-state index in [-0.39, 0.29) is 17.1 Å². The van der Waals surface area contributed by atoms with Gasteiger partial charge in [-0.15, -0.1) is 0 Å². The van der Waals surface area contributed by atoms with Crippen LogP contribution in [-0.4, -0.2) is 24.5 Å². The Balaban J connectivity index is 0.000000211. The average molecular weight is 436 g/mol. The highest BCUT2D eigenvalue weighted by molar-refractivity contribution is 14.1. The van der Waals surface area contributed by atoms with Crippen LogP contribution in [0, 0.1) is 20.3 Å². The first-order chi connectivity index (χ1) is 10.1. The molecule has 1 aromatic carbocycles. The lowest BCUT2D eigenvalue weighted by Gasteiger charge is -2.35. The summed E-state index contributed by atoms with van der Waals surface area (Å²) in [5.74, 6) is -0.101. The first-order valence-corrected chi connectivity index (χ1v) is 9.96. The number of carbonyl (C=O) groups is 1. The molecular weight excluding hydrogens is 415 g/mol. The highest BCUT2D eigenvalue weighted by Gasteiger charge is 2.65. The number of ketones is 1. The van der Waals surface area contributed by atoms with Crippen LogP contribution in [0.2, 0.25) is 0 Å². The van der Waals surface area contributed by atoms with Crippen molar-refractivity contribution in [1.29, 1.82) is 0 Å².